The van der Waals surface area contributed by atoms with E-state index in [0.717, 1.165) is 25.7 Å². The van der Waals surface area contributed by atoms with Crippen LogP contribution in [-0.4, -0.2) is 31.3 Å². The molecule has 1 saturated carbocycles. The Kier molecular flexibility index (Phi) is 4.48. The Hall–Kier alpha value is -1.06. The van der Waals surface area contributed by atoms with Crippen LogP contribution in [0.2, 0.25) is 0 Å². The van der Waals surface area contributed by atoms with E-state index in [-0.39, 0.29) is 6.04 Å². The molecule has 1 atom stereocenters. The SMILES string of the molecule is CC(NCC1(O)CCCC1)c1ccc(N(C)C)cc1. The third kappa shape index (κ3) is 3.71. The van der Waals surface area contributed by atoms with E-state index in [1.54, 1.807) is 0 Å². The van der Waals surface area contributed by atoms with E-state index in [2.05, 4.69) is 41.4 Å². The molecule has 0 bridgehead atoms. The van der Waals surface area contributed by atoms with Crippen LogP contribution in [0.4, 0.5) is 5.69 Å². The number of hydrogen-bond acceptors (Lipinski definition) is 3. The third-order valence-corrected chi connectivity index (χ3v) is 4.18. The van der Waals surface area contributed by atoms with Gasteiger partial charge in [-0.1, -0.05) is 25.0 Å². The van der Waals surface area contributed by atoms with Crippen molar-refractivity contribution in [1.82, 2.24) is 5.32 Å². The molecule has 0 amide bonds. The summed E-state index contributed by atoms with van der Waals surface area (Å²) >= 11 is 0. The summed E-state index contributed by atoms with van der Waals surface area (Å²) in [6.45, 7) is 2.85. The first-order valence-corrected chi connectivity index (χ1v) is 7.23. The van der Waals surface area contributed by atoms with Crippen molar-refractivity contribution in [3.8, 4) is 0 Å². The van der Waals surface area contributed by atoms with Crippen LogP contribution in [0.5, 0.6) is 0 Å². The van der Waals surface area contributed by atoms with E-state index < -0.39 is 5.60 Å². The maximum Gasteiger partial charge on any atom is 0.0771 e. The number of nitrogens with one attached hydrogen (secondary N) is 1. The first-order valence-electron chi connectivity index (χ1n) is 7.23. The Morgan fingerprint density at radius 2 is 1.79 bits per heavy atom. The number of anilines is 1. The molecule has 0 aliphatic heterocycles. The van der Waals surface area contributed by atoms with E-state index in [1.165, 1.54) is 11.3 Å². The second-order valence-electron chi connectivity index (χ2n) is 6.02. The first kappa shape index (κ1) is 14.4. The highest BCUT2D eigenvalue weighted by molar-refractivity contribution is 5.46. The molecule has 2 N–H and O–H groups in total. The third-order valence-electron chi connectivity index (χ3n) is 4.18. The van der Waals surface area contributed by atoms with Crippen molar-refractivity contribution in [3.63, 3.8) is 0 Å². The second kappa shape index (κ2) is 5.93. The lowest BCUT2D eigenvalue weighted by Gasteiger charge is -2.25. The van der Waals surface area contributed by atoms with Gasteiger partial charge in [0.2, 0.25) is 0 Å². The zero-order chi connectivity index (χ0) is 13.9. The molecule has 2 rings (SSSR count). The fraction of sp³-hybridized carbons (Fsp3) is 0.625. The summed E-state index contributed by atoms with van der Waals surface area (Å²) in [5, 5.41) is 13.8. The zero-order valence-electron chi connectivity index (χ0n) is 12.3. The van der Waals surface area contributed by atoms with E-state index >= 15 is 0 Å². The topological polar surface area (TPSA) is 35.5 Å². The van der Waals surface area contributed by atoms with Gasteiger partial charge in [0, 0.05) is 32.4 Å². The number of nitrogens with zero attached hydrogens (tertiary/aromatic N) is 1. The summed E-state index contributed by atoms with van der Waals surface area (Å²) in [7, 11) is 4.10. The quantitative estimate of drug-likeness (QED) is 0.856. The van der Waals surface area contributed by atoms with Gasteiger partial charge in [-0.05, 0) is 37.5 Å². The lowest BCUT2D eigenvalue weighted by molar-refractivity contribution is 0.0453. The fourth-order valence-corrected chi connectivity index (χ4v) is 2.73. The molecule has 1 aliphatic rings. The molecule has 1 unspecified atom stereocenters. The van der Waals surface area contributed by atoms with Crippen molar-refractivity contribution in [2.24, 2.45) is 0 Å². The maximum absolute atomic E-state index is 10.3. The number of hydrogen-bond donors (Lipinski definition) is 2. The molecule has 0 radical (unpaired) electrons. The molecule has 19 heavy (non-hydrogen) atoms. The summed E-state index contributed by atoms with van der Waals surface area (Å²) < 4.78 is 0. The number of benzene rings is 1. The van der Waals surface area contributed by atoms with Crippen LogP contribution in [-0.2, 0) is 0 Å². The van der Waals surface area contributed by atoms with Crippen molar-refractivity contribution >= 4 is 5.69 Å². The van der Waals surface area contributed by atoms with Gasteiger partial charge in [0.1, 0.15) is 0 Å². The van der Waals surface area contributed by atoms with Crippen LogP contribution in [0.1, 0.15) is 44.2 Å². The molecule has 3 nitrogen and oxygen atoms in total. The number of aliphatic hydroxyl groups is 1. The number of rotatable bonds is 5. The van der Waals surface area contributed by atoms with Crippen LogP contribution in [0.15, 0.2) is 24.3 Å². The summed E-state index contributed by atoms with van der Waals surface area (Å²) in [4.78, 5) is 2.10. The van der Waals surface area contributed by atoms with Crippen LogP contribution < -0.4 is 10.2 Å². The van der Waals surface area contributed by atoms with E-state index in [1.807, 2.05) is 14.1 Å². The highest BCUT2D eigenvalue weighted by atomic mass is 16.3. The molecule has 1 aromatic carbocycles. The Morgan fingerprint density at radius 1 is 1.21 bits per heavy atom. The molecule has 1 aromatic rings. The largest absolute Gasteiger partial charge is 0.389 e. The molecular weight excluding hydrogens is 236 g/mol. The van der Waals surface area contributed by atoms with Crippen LogP contribution in [0.3, 0.4) is 0 Å². The van der Waals surface area contributed by atoms with E-state index in [9.17, 15) is 5.11 Å². The second-order valence-corrected chi connectivity index (χ2v) is 6.02. The Morgan fingerprint density at radius 3 is 2.32 bits per heavy atom. The van der Waals surface area contributed by atoms with Crippen molar-refractivity contribution in [1.29, 1.82) is 0 Å². The van der Waals surface area contributed by atoms with E-state index in [4.69, 9.17) is 0 Å². The van der Waals surface area contributed by atoms with Gasteiger partial charge < -0.3 is 15.3 Å². The molecule has 0 saturated heterocycles. The van der Waals surface area contributed by atoms with Crippen LogP contribution in [0.25, 0.3) is 0 Å². The Labute approximate surface area is 116 Å². The van der Waals surface area contributed by atoms with Gasteiger partial charge >= 0.3 is 0 Å². The summed E-state index contributed by atoms with van der Waals surface area (Å²) in [5.74, 6) is 0. The summed E-state index contributed by atoms with van der Waals surface area (Å²) in [5.41, 5.74) is 2.01. The summed E-state index contributed by atoms with van der Waals surface area (Å²) in [6.07, 6.45) is 4.19. The highest BCUT2D eigenvalue weighted by Gasteiger charge is 2.30. The monoisotopic (exact) mass is 262 g/mol. The molecule has 3 heteroatoms. The highest BCUT2D eigenvalue weighted by Crippen LogP contribution is 2.29. The van der Waals surface area contributed by atoms with Gasteiger partial charge in [-0.15, -0.1) is 0 Å². The average molecular weight is 262 g/mol. The Balaban J connectivity index is 1.90. The maximum atomic E-state index is 10.3. The average Bonchev–Trinajstić information content (AvgIpc) is 2.83. The van der Waals surface area contributed by atoms with Gasteiger partial charge in [-0.3, -0.25) is 0 Å². The smallest absolute Gasteiger partial charge is 0.0771 e. The predicted molar refractivity (Wildman–Crippen MR) is 80.6 cm³/mol. The van der Waals surface area contributed by atoms with Crippen molar-refractivity contribution in [3.05, 3.63) is 29.8 Å². The van der Waals surface area contributed by atoms with Gasteiger partial charge in [-0.2, -0.15) is 0 Å². The lowest BCUT2D eigenvalue weighted by atomic mass is 10.0. The molecule has 1 aliphatic carbocycles. The van der Waals surface area contributed by atoms with Crippen molar-refractivity contribution in [2.75, 3.05) is 25.5 Å². The van der Waals surface area contributed by atoms with Gasteiger partial charge in [-0.25, -0.2) is 0 Å². The summed E-state index contributed by atoms with van der Waals surface area (Å²) in [6, 6.07) is 8.87. The Bertz CT molecular complexity index is 394. The standard InChI is InChI=1S/C16H26N2O/c1-13(17-12-16(19)10-4-5-11-16)14-6-8-15(9-7-14)18(2)3/h6-9,13,17,19H,4-5,10-12H2,1-3H3. The molecule has 0 aromatic heterocycles. The zero-order valence-corrected chi connectivity index (χ0v) is 12.3. The normalized spacial score (nSPS) is 19.4. The van der Waals surface area contributed by atoms with Gasteiger partial charge in [0.25, 0.3) is 0 Å². The van der Waals surface area contributed by atoms with Crippen molar-refractivity contribution < 1.29 is 5.11 Å². The van der Waals surface area contributed by atoms with Crippen molar-refractivity contribution in [2.45, 2.75) is 44.2 Å². The van der Waals surface area contributed by atoms with Crippen LogP contribution >= 0.6 is 0 Å². The first-order chi connectivity index (χ1) is 9.00. The lowest BCUT2D eigenvalue weighted by Crippen LogP contribution is -2.39. The molecule has 0 spiro atoms. The minimum absolute atomic E-state index is 0.279. The minimum Gasteiger partial charge on any atom is -0.389 e. The van der Waals surface area contributed by atoms with Gasteiger partial charge in [0.05, 0.1) is 5.60 Å². The minimum atomic E-state index is -0.474. The molecule has 0 heterocycles. The fourth-order valence-electron chi connectivity index (χ4n) is 2.73. The van der Waals surface area contributed by atoms with Crippen LogP contribution in [0, 0.1) is 0 Å². The predicted octanol–water partition coefficient (Wildman–Crippen LogP) is 2.71. The van der Waals surface area contributed by atoms with E-state index in [0.29, 0.717) is 6.54 Å². The molecular formula is C16H26N2O. The molecule has 1 fully saturated rings. The molecule has 106 valence electrons. The van der Waals surface area contributed by atoms with Gasteiger partial charge in [0.15, 0.2) is 0 Å².